The first kappa shape index (κ1) is 8.59. The van der Waals surface area contributed by atoms with Gasteiger partial charge in [0.15, 0.2) is 0 Å². The zero-order valence-corrected chi connectivity index (χ0v) is 6.86. The minimum Gasteiger partial charge on any atom is -0.492 e. The number of aliphatic imine (C=N–C) groups is 1. The Bertz CT molecular complexity index is 243. The summed E-state index contributed by atoms with van der Waals surface area (Å²) in [5, 5.41) is 0. The van der Waals surface area contributed by atoms with Crippen LogP contribution in [0.5, 0.6) is 5.75 Å². The molecule has 0 heterocycles. The second-order valence-electron chi connectivity index (χ2n) is 2.36. The van der Waals surface area contributed by atoms with Gasteiger partial charge in [-0.05, 0) is 31.0 Å². The van der Waals surface area contributed by atoms with Crippen molar-refractivity contribution in [1.29, 1.82) is 0 Å². The third-order valence-electron chi connectivity index (χ3n) is 1.40. The van der Waals surface area contributed by atoms with Crippen LogP contribution in [0.2, 0.25) is 0 Å². The maximum absolute atomic E-state index is 5.50. The lowest BCUT2D eigenvalue weighted by Gasteiger charge is -2.03. The van der Waals surface area contributed by atoms with E-state index in [0.29, 0.717) is 13.2 Å². The number of rotatable bonds is 4. The lowest BCUT2D eigenvalue weighted by Crippen LogP contribution is -2.00. The minimum absolute atomic E-state index is 0.563. The standard InChI is InChI=1S/C9H12N2O/c1-11-6-7-12-9-4-2-8(10)3-5-9/h2-5H,1,6-7,10H2. The van der Waals surface area contributed by atoms with Crippen LogP contribution in [0, 0.1) is 0 Å². The molecule has 0 unspecified atom stereocenters. The highest BCUT2D eigenvalue weighted by molar-refractivity contribution is 5.41. The molecule has 0 spiro atoms. The third-order valence-corrected chi connectivity index (χ3v) is 1.40. The quantitative estimate of drug-likeness (QED) is 0.415. The molecule has 0 aliphatic heterocycles. The van der Waals surface area contributed by atoms with Crippen LogP contribution in [-0.2, 0) is 0 Å². The zero-order chi connectivity index (χ0) is 8.81. The first-order valence-corrected chi connectivity index (χ1v) is 3.74. The molecule has 0 aliphatic carbocycles. The number of nitrogens with two attached hydrogens (primary N) is 1. The monoisotopic (exact) mass is 164 g/mol. The second kappa shape index (κ2) is 4.38. The highest BCUT2D eigenvalue weighted by Gasteiger charge is 1.90. The second-order valence-corrected chi connectivity index (χ2v) is 2.36. The summed E-state index contributed by atoms with van der Waals surface area (Å²) in [6.45, 7) is 4.53. The van der Waals surface area contributed by atoms with Crippen molar-refractivity contribution in [2.75, 3.05) is 18.9 Å². The summed E-state index contributed by atoms with van der Waals surface area (Å²) in [5.41, 5.74) is 6.24. The predicted octanol–water partition coefficient (Wildman–Crippen LogP) is 1.35. The molecule has 0 aromatic heterocycles. The van der Waals surface area contributed by atoms with Gasteiger partial charge in [0.2, 0.25) is 0 Å². The average molecular weight is 164 g/mol. The van der Waals surface area contributed by atoms with E-state index in [9.17, 15) is 0 Å². The number of nitrogens with zero attached hydrogens (tertiary/aromatic N) is 1. The Labute approximate surface area is 71.9 Å². The third kappa shape index (κ3) is 2.62. The minimum atomic E-state index is 0.563. The molecule has 1 rings (SSSR count). The number of benzene rings is 1. The van der Waals surface area contributed by atoms with Gasteiger partial charge in [0.05, 0.1) is 6.54 Å². The van der Waals surface area contributed by atoms with Crippen molar-refractivity contribution in [2.24, 2.45) is 4.99 Å². The Hall–Kier alpha value is -1.51. The molecule has 2 N–H and O–H groups in total. The molecule has 1 aromatic carbocycles. The van der Waals surface area contributed by atoms with Crippen LogP contribution in [0.15, 0.2) is 29.3 Å². The van der Waals surface area contributed by atoms with Crippen LogP contribution < -0.4 is 10.5 Å². The van der Waals surface area contributed by atoms with Gasteiger partial charge in [-0.3, -0.25) is 4.99 Å². The van der Waals surface area contributed by atoms with Crippen LogP contribution in [-0.4, -0.2) is 19.9 Å². The van der Waals surface area contributed by atoms with Crippen molar-refractivity contribution in [2.45, 2.75) is 0 Å². The topological polar surface area (TPSA) is 47.6 Å². The van der Waals surface area contributed by atoms with E-state index >= 15 is 0 Å². The molecule has 0 radical (unpaired) electrons. The molecule has 0 bridgehead atoms. The van der Waals surface area contributed by atoms with Gasteiger partial charge in [-0.1, -0.05) is 0 Å². The van der Waals surface area contributed by atoms with E-state index < -0.39 is 0 Å². The summed E-state index contributed by atoms with van der Waals surface area (Å²) in [5.74, 6) is 0.813. The predicted molar refractivity (Wildman–Crippen MR) is 50.8 cm³/mol. The number of hydrogen-bond acceptors (Lipinski definition) is 3. The molecule has 0 amide bonds. The smallest absolute Gasteiger partial charge is 0.119 e. The fraction of sp³-hybridized carbons (Fsp3) is 0.222. The number of nitrogen functional groups attached to an aromatic ring is 1. The Morgan fingerprint density at radius 3 is 2.58 bits per heavy atom. The number of ether oxygens (including phenoxy) is 1. The molecule has 3 heteroatoms. The van der Waals surface area contributed by atoms with E-state index in [1.807, 2.05) is 12.1 Å². The largest absolute Gasteiger partial charge is 0.492 e. The molecule has 0 fully saturated rings. The van der Waals surface area contributed by atoms with Gasteiger partial charge in [0.25, 0.3) is 0 Å². The van der Waals surface area contributed by atoms with Gasteiger partial charge in [-0.15, -0.1) is 0 Å². The maximum Gasteiger partial charge on any atom is 0.119 e. The molecule has 0 aliphatic rings. The first-order chi connectivity index (χ1) is 5.83. The van der Waals surface area contributed by atoms with Gasteiger partial charge >= 0.3 is 0 Å². The van der Waals surface area contributed by atoms with Crippen LogP contribution >= 0.6 is 0 Å². The summed E-state index contributed by atoms with van der Waals surface area (Å²) in [6.07, 6.45) is 0. The summed E-state index contributed by atoms with van der Waals surface area (Å²) in [4.78, 5) is 3.67. The van der Waals surface area contributed by atoms with E-state index in [1.54, 1.807) is 12.1 Å². The maximum atomic E-state index is 5.50. The van der Waals surface area contributed by atoms with Gasteiger partial charge in [0.1, 0.15) is 12.4 Å². The molecule has 0 saturated carbocycles. The van der Waals surface area contributed by atoms with E-state index in [-0.39, 0.29) is 0 Å². The average Bonchev–Trinajstić information content (AvgIpc) is 2.09. The molecule has 1 aromatic rings. The molecule has 3 nitrogen and oxygen atoms in total. The van der Waals surface area contributed by atoms with Crippen molar-refractivity contribution in [3.8, 4) is 5.75 Å². The van der Waals surface area contributed by atoms with Gasteiger partial charge < -0.3 is 10.5 Å². The van der Waals surface area contributed by atoms with Crippen LogP contribution in [0.3, 0.4) is 0 Å². The molecule has 64 valence electrons. The van der Waals surface area contributed by atoms with Crippen LogP contribution in [0.1, 0.15) is 0 Å². The van der Waals surface area contributed by atoms with E-state index in [0.717, 1.165) is 11.4 Å². The van der Waals surface area contributed by atoms with Crippen LogP contribution in [0.25, 0.3) is 0 Å². The van der Waals surface area contributed by atoms with Gasteiger partial charge in [-0.25, -0.2) is 0 Å². The van der Waals surface area contributed by atoms with Gasteiger partial charge in [-0.2, -0.15) is 0 Å². The van der Waals surface area contributed by atoms with Gasteiger partial charge in [0, 0.05) is 5.69 Å². The molecule has 0 saturated heterocycles. The normalized spacial score (nSPS) is 9.33. The van der Waals surface area contributed by atoms with Crippen molar-refractivity contribution < 1.29 is 4.74 Å². The Morgan fingerprint density at radius 2 is 2.00 bits per heavy atom. The number of hydrogen-bond donors (Lipinski definition) is 1. The molecular weight excluding hydrogens is 152 g/mol. The summed E-state index contributed by atoms with van der Waals surface area (Å²) in [6, 6.07) is 7.27. The summed E-state index contributed by atoms with van der Waals surface area (Å²) < 4.78 is 5.31. The Morgan fingerprint density at radius 1 is 1.33 bits per heavy atom. The highest BCUT2D eigenvalue weighted by Crippen LogP contribution is 2.12. The van der Waals surface area contributed by atoms with Crippen molar-refractivity contribution in [1.82, 2.24) is 0 Å². The van der Waals surface area contributed by atoms with Crippen LogP contribution in [0.4, 0.5) is 5.69 Å². The zero-order valence-electron chi connectivity index (χ0n) is 6.86. The highest BCUT2D eigenvalue weighted by atomic mass is 16.5. The molecule has 0 atom stereocenters. The first-order valence-electron chi connectivity index (χ1n) is 3.74. The Balaban J connectivity index is 2.42. The van der Waals surface area contributed by atoms with Crippen molar-refractivity contribution in [3.63, 3.8) is 0 Å². The fourth-order valence-corrected chi connectivity index (χ4v) is 0.792. The molecule has 12 heavy (non-hydrogen) atoms. The van der Waals surface area contributed by atoms with E-state index in [4.69, 9.17) is 10.5 Å². The summed E-state index contributed by atoms with van der Waals surface area (Å²) >= 11 is 0. The van der Waals surface area contributed by atoms with E-state index in [1.165, 1.54) is 0 Å². The lowest BCUT2D eigenvalue weighted by atomic mass is 10.3. The number of anilines is 1. The van der Waals surface area contributed by atoms with Crippen molar-refractivity contribution in [3.05, 3.63) is 24.3 Å². The summed E-state index contributed by atoms with van der Waals surface area (Å²) in [7, 11) is 0. The Kier molecular flexibility index (Phi) is 3.14. The van der Waals surface area contributed by atoms with E-state index in [2.05, 4.69) is 11.7 Å². The molecular formula is C9H12N2O. The fourth-order valence-electron chi connectivity index (χ4n) is 0.792. The SMILES string of the molecule is C=NCCOc1ccc(N)cc1. The van der Waals surface area contributed by atoms with Crippen molar-refractivity contribution >= 4 is 12.4 Å². The lowest BCUT2D eigenvalue weighted by molar-refractivity contribution is 0.329.